The molecule has 2 aromatic rings. The topological polar surface area (TPSA) is 41.5 Å². The summed E-state index contributed by atoms with van der Waals surface area (Å²) in [6, 6.07) is 18.5. The molecule has 0 saturated heterocycles. The van der Waals surface area contributed by atoms with Crippen LogP contribution in [0.4, 0.5) is 0 Å². The van der Waals surface area contributed by atoms with Gasteiger partial charge in [-0.05, 0) is 43.7 Å². The lowest BCUT2D eigenvalue weighted by Crippen LogP contribution is -2.48. The second-order valence-electron chi connectivity index (χ2n) is 5.56. The maximum absolute atomic E-state index is 9.33. The SMILES string of the molecule is CNC(C)(CO)COc1ccc(Cc2ccccc2)cc1. The van der Waals surface area contributed by atoms with Gasteiger partial charge in [0, 0.05) is 0 Å². The molecule has 0 aliphatic heterocycles. The van der Waals surface area contributed by atoms with E-state index in [0.717, 1.165) is 12.2 Å². The number of ether oxygens (including phenoxy) is 1. The number of aliphatic hydroxyl groups is 1. The van der Waals surface area contributed by atoms with Crippen LogP contribution in [0.5, 0.6) is 5.75 Å². The Morgan fingerprint density at radius 1 is 1.00 bits per heavy atom. The minimum absolute atomic E-state index is 0.0373. The van der Waals surface area contributed by atoms with E-state index in [9.17, 15) is 5.11 Å². The second kappa shape index (κ2) is 7.25. The lowest BCUT2D eigenvalue weighted by atomic mass is 10.0. The zero-order valence-corrected chi connectivity index (χ0v) is 12.7. The first-order valence-electron chi connectivity index (χ1n) is 7.21. The van der Waals surface area contributed by atoms with Crippen LogP contribution >= 0.6 is 0 Å². The molecule has 0 fully saturated rings. The Labute approximate surface area is 126 Å². The Morgan fingerprint density at radius 3 is 2.19 bits per heavy atom. The van der Waals surface area contributed by atoms with Crippen molar-refractivity contribution in [2.45, 2.75) is 18.9 Å². The van der Waals surface area contributed by atoms with Crippen molar-refractivity contribution in [2.24, 2.45) is 0 Å². The van der Waals surface area contributed by atoms with Gasteiger partial charge in [0.25, 0.3) is 0 Å². The van der Waals surface area contributed by atoms with Crippen molar-refractivity contribution in [1.82, 2.24) is 5.32 Å². The van der Waals surface area contributed by atoms with Crippen LogP contribution in [0.15, 0.2) is 54.6 Å². The van der Waals surface area contributed by atoms with Gasteiger partial charge >= 0.3 is 0 Å². The molecular weight excluding hydrogens is 262 g/mol. The van der Waals surface area contributed by atoms with Gasteiger partial charge in [-0.1, -0.05) is 42.5 Å². The number of benzene rings is 2. The van der Waals surface area contributed by atoms with Crippen molar-refractivity contribution in [2.75, 3.05) is 20.3 Å². The van der Waals surface area contributed by atoms with E-state index in [2.05, 4.69) is 41.7 Å². The first-order chi connectivity index (χ1) is 10.1. The van der Waals surface area contributed by atoms with Crippen molar-refractivity contribution >= 4 is 0 Å². The van der Waals surface area contributed by atoms with Crippen molar-refractivity contribution in [1.29, 1.82) is 0 Å². The average molecular weight is 285 g/mol. The molecule has 1 unspecified atom stereocenters. The van der Waals surface area contributed by atoms with Gasteiger partial charge in [-0.3, -0.25) is 0 Å². The fourth-order valence-electron chi connectivity index (χ4n) is 1.97. The third-order valence-corrected chi connectivity index (χ3v) is 3.68. The van der Waals surface area contributed by atoms with Gasteiger partial charge in [0.2, 0.25) is 0 Å². The number of aliphatic hydroxyl groups excluding tert-OH is 1. The van der Waals surface area contributed by atoms with E-state index in [0.29, 0.717) is 6.61 Å². The van der Waals surface area contributed by atoms with Crippen LogP contribution in [0.25, 0.3) is 0 Å². The van der Waals surface area contributed by atoms with Crippen LogP contribution < -0.4 is 10.1 Å². The molecule has 0 spiro atoms. The number of nitrogens with one attached hydrogen (secondary N) is 1. The van der Waals surface area contributed by atoms with E-state index in [1.807, 2.05) is 32.2 Å². The highest BCUT2D eigenvalue weighted by Crippen LogP contribution is 2.16. The third kappa shape index (κ3) is 4.59. The highest BCUT2D eigenvalue weighted by Gasteiger charge is 2.21. The van der Waals surface area contributed by atoms with Crippen molar-refractivity contribution in [3.8, 4) is 5.75 Å². The lowest BCUT2D eigenvalue weighted by molar-refractivity contribution is 0.122. The molecular formula is C18H23NO2. The van der Waals surface area contributed by atoms with Crippen LogP contribution in [-0.2, 0) is 6.42 Å². The standard InChI is InChI=1S/C18H23NO2/c1-18(13-20,19-2)14-21-17-10-8-16(9-11-17)12-15-6-4-3-5-7-15/h3-11,19-20H,12-14H2,1-2H3. The summed E-state index contributed by atoms with van der Waals surface area (Å²) in [6.45, 7) is 2.39. The normalized spacial score (nSPS) is 13.7. The summed E-state index contributed by atoms with van der Waals surface area (Å²) in [5, 5.41) is 12.4. The molecule has 2 N–H and O–H groups in total. The molecule has 0 radical (unpaired) electrons. The molecule has 3 nitrogen and oxygen atoms in total. The molecule has 21 heavy (non-hydrogen) atoms. The second-order valence-corrected chi connectivity index (χ2v) is 5.56. The Morgan fingerprint density at radius 2 is 1.62 bits per heavy atom. The molecule has 1 atom stereocenters. The summed E-state index contributed by atoms with van der Waals surface area (Å²) in [5.41, 5.74) is 2.14. The van der Waals surface area contributed by atoms with E-state index in [-0.39, 0.29) is 6.61 Å². The average Bonchev–Trinajstić information content (AvgIpc) is 2.55. The van der Waals surface area contributed by atoms with Gasteiger partial charge < -0.3 is 15.2 Å². The Bertz CT molecular complexity index is 533. The molecule has 0 aromatic heterocycles. The monoisotopic (exact) mass is 285 g/mol. The molecule has 0 bridgehead atoms. The maximum Gasteiger partial charge on any atom is 0.119 e. The first-order valence-corrected chi connectivity index (χ1v) is 7.21. The van der Waals surface area contributed by atoms with E-state index < -0.39 is 5.54 Å². The molecule has 0 amide bonds. The predicted molar refractivity (Wildman–Crippen MR) is 85.7 cm³/mol. The molecule has 0 heterocycles. The lowest BCUT2D eigenvalue weighted by Gasteiger charge is -2.26. The molecule has 0 aliphatic carbocycles. The van der Waals surface area contributed by atoms with Crippen molar-refractivity contribution in [3.05, 3.63) is 65.7 Å². The number of hydrogen-bond acceptors (Lipinski definition) is 3. The minimum atomic E-state index is -0.414. The Hall–Kier alpha value is -1.84. The van der Waals surface area contributed by atoms with Crippen LogP contribution in [-0.4, -0.2) is 30.9 Å². The van der Waals surface area contributed by atoms with E-state index in [1.165, 1.54) is 11.1 Å². The minimum Gasteiger partial charge on any atom is -0.492 e. The summed E-state index contributed by atoms with van der Waals surface area (Å²) in [4.78, 5) is 0. The first kappa shape index (κ1) is 15.5. The highest BCUT2D eigenvalue weighted by atomic mass is 16.5. The summed E-state index contributed by atoms with van der Waals surface area (Å²) in [6.07, 6.45) is 0.923. The van der Waals surface area contributed by atoms with E-state index in [1.54, 1.807) is 0 Å². The van der Waals surface area contributed by atoms with Gasteiger partial charge in [0.05, 0.1) is 12.1 Å². The van der Waals surface area contributed by atoms with Gasteiger partial charge in [0.15, 0.2) is 0 Å². The summed E-state index contributed by atoms with van der Waals surface area (Å²) < 4.78 is 5.74. The summed E-state index contributed by atoms with van der Waals surface area (Å²) in [7, 11) is 1.82. The number of rotatable bonds is 7. The van der Waals surface area contributed by atoms with Gasteiger partial charge in [-0.25, -0.2) is 0 Å². The molecule has 0 saturated carbocycles. The molecule has 2 rings (SSSR count). The fourth-order valence-corrected chi connectivity index (χ4v) is 1.97. The van der Waals surface area contributed by atoms with E-state index >= 15 is 0 Å². The van der Waals surface area contributed by atoms with Gasteiger partial charge in [-0.15, -0.1) is 0 Å². The van der Waals surface area contributed by atoms with Crippen molar-refractivity contribution in [3.63, 3.8) is 0 Å². The Balaban J connectivity index is 1.93. The smallest absolute Gasteiger partial charge is 0.119 e. The fraction of sp³-hybridized carbons (Fsp3) is 0.333. The summed E-state index contributed by atoms with van der Waals surface area (Å²) in [5.74, 6) is 0.821. The van der Waals surface area contributed by atoms with Crippen LogP contribution in [0.1, 0.15) is 18.1 Å². The number of likely N-dealkylation sites (N-methyl/N-ethyl adjacent to an activating group) is 1. The molecule has 3 heteroatoms. The summed E-state index contributed by atoms with van der Waals surface area (Å²) >= 11 is 0. The largest absolute Gasteiger partial charge is 0.492 e. The third-order valence-electron chi connectivity index (χ3n) is 3.68. The van der Waals surface area contributed by atoms with Gasteiger partial charge in [0.1, 0.15) is 12.4 Å². The van der Waals surface area contributed by atoms with Crippen LogP contribution in [0.3, 0.4) is 0 Å². The van der Waals surface area contributed by atoms with Crippen LogP contribution in [0, 0.1) is 0 Å². The quantitative estimate of drug-likeness (QED) is 0.821. The zero-order chi connectivity index (χ0) is 15.1. The Kier molecular flexibility index (Phi) is 5.37. The number of hydrogen-bond donors (Lipinski definition) is 2. The van der Waals surface area contributed by atoms with Crippen molar-refractivity contribution < 1.29 is 9.84 Å². The maximum atomic E-state index is 9.33. The highest BCUT2D eigenvalue weighted by molar-refractivity contribution is 5.31. The molecule has 112 valence electrons. The molecule has 0 aliphatic rings. The zero-order valence-electron chi connectivity index (χ0n) is 12.7. The van der Waals surface area contributed by atoms with E-state index in [4.69, 9.17) is 4.74 Å². The van der Waals surface area contributed by atoms with Crippen LogP contribution in [0.2, 0.25) is 0 Å². The molecule has 2 aromatic carbocycles. The predicted octanol–water partition coefficient (Wildman–Crippen LogP) is 2.63. The van der Waals surface area contributed by atoms with Gasteiger partial charge in [-0.2, -0.15) is 0 Å².